The van der Waals surface area contributed by atoms with Crippen LogP contribution in [0.25, 0.3) is 0 Å². The third-order valence-electron chi connectivity index (χ3n) is 4.16. The third-order valence-corrected chi connectivity index (χ3v) is 4.16. The van der Waals surface area contributed by atoms with Crippen molar-refractivity contribution in [2.45, 2.75) is 33.7 Å². The summed E-state index contributed by atoms with van der Waals surface area (Å²) in [6.45, 7) is 11.6. The van der Waals surface area contributed by atoms with Crippen LogP contribution in [-0.4, -0.2) is 67.3 Å². The Kier molecular flexibility index (Phi) is 6.39. The van der Waals surface area contributed by atoms with Crippen molar-refractivity contribution in [3.63, 3.8) is 0 Å². The molecule has 0 spiro atoms. The molecule has 7 nitrogen and oxygen atoms in total. The molecular formula is C17H27N3O4. The minimum Gasteiger partial charge on any atom is -0.462 e. The van der Waals surface area contributed by atoms with Gasteiger partial charge in [-0.2, -0.15) is 0 Å². The summed E-state index contributed by atoms with van der Waals surface area (Å²) in [7, 11) is 0. The van der Waals surface area contributed by atoms with Crippen molar-refractivity contribution in [3.05, 3.63) is 22.5 Å². The summed E-state index contributed by atoms with van der Waals surface area (Å²) >= 11 is 0. The molecule has 2 rings (SSSR count). The maximum atomic E-state index is 12.5. The smallest absolute Gasteiger partial charge is 0.340 e. The number of nitrogens with one attached hydrogen (secondary N) is 2. The van der Waals surface area contributed by atoms with E-state index in [1.54, 1.807) is 20.8 Å². The van der Waals surface area contributed by atoms with Crippen LogP contribution in [-0.2, 0) is 9.47 Å². The molecule has 1 aliphatic rings. The maximum Gasteiger partial charge on any atom is 0.340 e. The summed E-state index contributed by atoms with van der Waals surface area (Å²) in [5.74, 6) is -0.601. The monoisotopic (exact) mass is 337 g/mol. The molecule has 1 aliphatic heterocycles. The molecule has 1 unspecified atom stereocenters. The zero-order valence-electron chi connectivity index (χ0n) is 14.9. The van der Waals surface area contributed by atoms with E-state index in [4.69, 9.17) is 9.47 Å². The number of nitrogens with zero attached hydrogens (tertiary/aromatic N) is 1. The van der Waals surface area contributed by atoms with Crippen LogP contribution in [0, 0.1) is 13.8 Å². The second kappa shape index (κ2) is 8.30. The fraction of sp³-hybridized carbons (Fsp3) is 0.647. The molecule has 134 valence electrons. The average Bonchev–Trinajstić information content (AvgIpc) is 2.83. The molecule has 0 aromatic carbocycles. The van der Waals surface area contributed by atoms with Crippen molar-refractivity contribution < 1.29 is 19.1 Å². The van der Waals surface area contributed by atoms with Crippen LogP contribution in [0.5, 0.6) is 0 Å². The summed E-state index contributed by atoms with van der Waals surface area (Å²) in [5.41, 5.74) is 2.14. The van der Waals surface area contributed by atoms with Gasteiger partial charge in [0, 0.05) is 31.4 Å². The number of aryl methyl sites for hydroxylation is 1. The predicted octanol–water partition coefficient (Wildman–Crippen LogP) is 1.26. The summed E-state index contributed by atoms with van der Waals surface area (Å²) in [5, 5.41) is 2.99. The predicted molar refractivity (Wildman–Crippen MR) is 90.4 cm³/mol. The van der Waals surface area contributed by atoms with Crippen molar-refractivity contribution in [3.8, 4) is 0 Å². The average molecular weight is 337 g/mol. The van der Waals surface area contributed by atoms with E-state index in [0.29, 0.717) is 29.1 Å². The number of amides is 1. The SMILES string of the molecule is CCOC(=O)c1c(C)[nH]c(C(=O)NC(C)CN2CCOCC2)c1C. The van der Waals surface area contributed by atoms with E-state index in [2.05, 4.69) is 15.2 Å². The fourth-order valence-electron chi connectivity index (χ4n) is 3.00. The zero-order chi connectivity index (χ0) is 17.7. The van der Waals surface area contributed by atoms with Crippen molar-refractivity contribution in [1.29, 1.82) is 0 Å². The van der Waals surface area contributed by atoms with Crippen LogP contribution in [0.1, 0.15) is 46.0 Å². The second-order valence-electron chi connectivity index (χ2n) is 6.13. The quantitative estimate of drug-likeness (QED) is 0.764. The van der Waals surface area contributed by atoms with Gasteiger partial charge in [-0.05, 0) is 33.3 Å². The summed E-state index contributed by atoms with van der Waals surface area (Å²) in [4.78, 5) is 29.8. The molecule has 1 aromatic heterocycles. The van der Waals surface area contributed by atoms with Gasteiger partial charge in [0.25, 0.3) is 5.91 Å². The number of carbonyl (C=O) groups is 2. The lowest BCUT2D eigenvalue weighted by atomic mass is 10.1. The largest absolute Gasteiger partial charge is 0.462 e. The van der Waals surface area contributed by atoms with Gasteiger partial charge in [0.05, 0.1) is 25.4 Å². The molecule has 0 saturated carbocycles. The van der Waals surface area contributed by atoms with Gasteiger partial charge in [-0.3, -0.25) is 9.69 Å². The number of aromatic amines is 1. The van der Waals surface area contributed by atoms with E-state index in [1.807, 2.05) is 6.92 Å². The van der Waals surface area contributed by atoms with Crippen LogP contribution in [0.15, 0.2) is 0 Å². The molecule has 1 aromatic rings. The van der Waals surface area contributed by atoms with E-state index in [-0.39, 0.29) is 11.9 Å². The number of hydrogen-bond acceptors (Lipinski definition) is 5. The van der Waals surface area contributed by atoms with Gasteiger partial charge in [0.2, 0.25) is 0 Å². The molecule has 24 heavy (non-hydrogen) atoms. The molecule has 2 heterocycles. The Hall–Kier alpha value is -1.86. The number of H-pyrrole nitrogens is 1. The molecule has 1 amide bonds. The number of hydrogen-bond donors (Lipinski definition) is 2. The topological polar surface area (TPSA) is 83.7 Å². The number of morpholine rings is 1. The number of aromatic nitrogens is 1. The molecule has 0 radical (unpaired) electrons. The molecule has 0 bridgehead atoms. The Balaban J connectivity index is 2.01. The van der Waals surface area contributed by atoms with E-state index < -0.39 is 5.97 Å². The highest BCUT2D eigenvalue weighted by Gasteiger charge is 2.24. The van der Waals surface area contributed by atoms with Gasteiger partial charge >= 0.3 is 5.97 Å². The first-order valence-electron chi connectivity index (χ1n) is 8.41. The zero-order valence-corrected chi connectivity index (χ0v) is 14.9. The lowest BCUT2D eigenvalue weighted by Gasteiger charge is -2.29. The lowest BCUT2D eigenvalue weighted by molar-refractivity contribution is 0.0342. The highest BCUT2D eigenvalue weighted by atomic mass is 16.5. The molecule has 1 atom stereocenters. The Morgan fingerprint density at radius 3 is 2.62 bits per heavy atom. The fourth-order valence-corrected chi connectivity index (χ4v) is 3.00. The maximum absolute atomic E-state index is 12.5. The van der Waals surface area contributed by atoms with Gasteiger partial charge in [-0.1, -0.05) is 0 Å². The lowest BCUT2D eigenvalue weighted by Crippen LogP contribution is -2.46. The van der Waals surface area contributed by atoms with Crippen molar-refractivity contribution in [2.24, 2.45) is 0 Å². The Bertz CT molecular complexity index is 591. The third kappa shape index (κ3) is 4.36. The van der Waals surface area contributed by atoms with Crippen molar-refractivity contribution >= 4 is 11.9 Å². The standard InChI is InChI=1S/C17H27N3O4/c1-5-24-17(22)14-12(3)15(19-13(14)4)16(21)18-11(2)10-20-6-8-23-9-7-20/h11,19H,5-10H2,1-4H3,(H,18,21). The Morgan fingerprint density at radius 2 is 2.00 bits per heavy atom. The first-order valence-corrected chi connectivity index (χ1v) is 8.41. The van der Waals surface area contributed by atoms with Crippen LogP contribution in [0.4, 0.5) is 0 Å². The van der Waals surface area contributed by atoms with Gasteiger partial charge in [-0.25, -0.2) is 4.79 Å². The number of carbonyl (C=O) groups excluding carboxylic acids is 2. The van der Waals surface area contributed by atoms with Crippen LogP contribution < -0.4 is 5.32 Å². The summed E-state index contributed by atoms with van der Waals surface area (Å²) in [6, 6.07) is 0.00431. The van der Waals surface area contributed by atoms with Gasteiger partial charge in [-0.15, -0.1) is 0 Å². The molecule has 1 fully saturated rings. The van der Waals surface area contributed by atoms with E-state index in [0.717, 1.165) is 32.8 Å². The highest BCUT2D eigenvalue weighted by molar-refractivity contribution is 6.00. The minimum atomic E-state index is -0.399. The second-order valence-corrected chi connectivity index (χ2v) is 6.13. The molecule has 2 N–H and O–H groups in total. The van der Waals surface area contributed by atoms with E-state index >= 15 is 0 Å². The number of rotatable bonds is 6. The van der Waals surface area contributed by atoms with E-state index in [9.17, 15) is 9.59 Å². The van der Waals surface area contributed by atoms with Crippen LogP contribution in [0.3, 0.4) is 0 Å². The Labute approximate surface area is 142 Å². The minimum absolute atomic E-state index is 0.00431. The van der Waals surface area contributed by atoms with Gasteiger partial charge < -0.3 is 19.8 Å². The van der Waals surface area contributed by atoms with Gasteiger partial charge in [0.1, 0.15) is 5.69 Å². The molecular weight excluding hydrogens is 310 g/mol. The Morgan fingerprint density at radius 1 is 1.33 bits per heavy atom. The first kappa shape index (κ1) is 18.5. The van der Waals surface area contributed by atoms with Gasteiger partial charge in [0.15, 0.2) is 0 Å². The van der Waals surface area contributed by atoms with Crippen LogP contribution in [0.2, 0.25) is 0 Å². The molecule has 0 aliphatic carbocycles. The molecule has 1 saturated heterocycles. The summed E-state index contributed by atoms with van der Waals surface area (Å²) in [6.07, 6.45) is 0. The first-order chi connectivity index (χ1) is 11.4. The normalized spacial score (nSPS) is 16.7. The highest BCUT2D eigenvalue weighted by Crippen LogP contribution is 2.19. The van der Waals surface area contributed by atoms with Crippen LogP contribution >= 0.6 is 0 Å². The molecule has 7 heteroatoms. The van der Waals surface area contributed by atoms with E-state index in [1.165, 1.54) is 0 Å². The van der Waals surface area contributed by atoms with Crippen molar-refractivity contribution in [2.75, 3.05) is 39.5 Å². The van der Waals surface area contributed by atoms with Crippen molar-refractivity contribution in [1.82, 2.24) is 15.2 Å². The number of esters is 1. The summed E-state index contributed by atoms with van der Waals surface area (Å²) < 4.78 is 10.4. The number of ether oxygens (including phenoxy) is 2.